The Morgan fingerprint density at radius 1 is 1.32 bits per heavy atom. The highest BCUT2D eigenvalue weighted by Crippen LogP contribution is 2.47. The lowest BCUT2D eigenvalue weighted by atomic mass is 9.82. The van der Waals surface area contributed by atoms with Crippen molar-refractivity contribution in [2.45, 2.75) is 32.5 Å². The van der Waals surface area contributed by atoms with Crippen molar-refractivity contribution in [3.63, 3.8) is 0 Å². The molecule has 3 rings (SSSR count). The molecule has 0 saturated carbocycles. The van der Waals surface area contributed by atoms with E-state index in [2.05, 4.69) is 20.1 Å². The van der Waals surface area contributed by atoms with Gasteiger partial charge in [0.05, 0.1) is 35.8 Å². The number of hydrogen-bond acceptors (Lipinski definition) is 4. The minimum absolute atomic E-state index is 0.309. The van der Waals surface area contributed by atoms with Crippen molar-refractivity contribution in [3.8, 4) is 17.3 Å². The van der Waals surface area contributed by atoms with Gasteiger partial charge in [-0.25, -0.2) is 9.97 Å². The van der Waals surface area contributed by atoms with Crippen molar-refractivity contribution in [3.05, 3.63) is 31.0 Å². The third kappa shape index (κ3) is 2.84. The molecule has 0 fully saturated rings. The van der Waals surface area contributed by atoms with E-state index in [9.17, 15) is 13.2 Å². The molecule has 0 radical (unpaired) electrons. The summed E-state index contributed by atoms with van der Waals surface area (Å²) in [5.41, 5.74) is -0.353. The Hall–Kier alpha value is -2.89. The quantitative estimate of drug-likeness (QED) is 0.776. The van der Waals surface area contributed by atoms with Crippen LogP contribution < -0.4 is 0 Å². The molecule has 130 valence electrons. The first-order valence-corrected chi connectivity index (χ1v) is 7.52. The van der Waals surface area contributed by atoms with Crippen LogP contribution in [0.25, 0.3) is 22.3 Å². The average Bonchev–Trinajstić information content (AvgIpc) is 3.19. The molecule has 0 aliphatic rings. The van der Waals surface area contributed by atoms with Crippen LogP contribution in [0.5, 0.6) is 0 Å². The summed E-state index contributed by atoms with van der Waals surface area (Å²) in [6.45, 7) is 2.15. The van der Waals surface area contributed by atoms with E-state index in [0.717, 1.165) is 19.2 Å². The first-order valence-electron chi connectivity index (χ1n) is 7.52. The number of nitrogens with zero attached hydrogens (tertiary/aromatic N) is 5. The van der Waals surface area contributed by atoms with Crippen molar-refractivity contribution < 1.29 is 13.2 Å². The summed E-state index contributed by atoms with van der Waals surface area (Å²) < 4.78 is 41.4. The van der Waals surface area contributed by atoms with E-state index in [0.29, 0.717) is 16.9 Å². The zero-order chi connectivity index (χ0) is 18.2. The van der Waals surface area contributed by atoms with Crippen LogP contribution in [0.4, 0.5) is 13.2 Å². The maximum absolute atomic E-state index is 13.4. The van der Waals surface area contributed by atoms with Crippen LogP contribution in [0.1, 0.15) is 26.3 Å². The van der Waals surface area contributed by atoms with Crippen LogP contribution in [0.15, 0.2) is 31.0 Å². The Balaban J connectivity index is 2.05. The second kappa shape index (κ2) is 5.88. The molecule has 9 heteroatoms. The lowest BCUT2D eigenvalue weighted by Gasteiger charge is -2.34. The molecule has 1 N–H and O–H groups in total. The highest BCUT2D eigenvalue weighted by atomic mass is 19.4. The van der Waals surface area contributed by atoms with Crippen LogP contribution in [0.2, 0.25) is 0 Å². The number of aromatic nitrogens is 5. The SMILES string of the molecule is CC(C)(C(CC#N)n1cc(-c2ncnc3[nH]ccc23)cn1)C(F)(F)F. The van der Waals surface area contributed by atoms with E-state index in [4.69, 9.17) is 5.26 Å². The molecule has 0 aliphatic carbocycles. The molecular weight excluding hydrogens is 333 g/mol. The van der Waals surface area contributed by atoms with E-state index in [-0.39, 0.29) is 6.42 Å². The van der Waals surface area contributed by atoms with Gasteiger partial charge in [0.15, 0.2) is 0 Å². The van der Waals surface area contributed by atoms with Gasteiger partial charge in [0.25, 0.3) is 0 Å². The third-order valence-corrected chi connectivity index (χ3v) is 4.40. The predicted octanol–water partition coefficient (Wildman–Crippen LogP) is 3.86. The Morgan fingerprint density at radius 3 is 2.76 bits per heavy atom. The summed E-state index contributed by atoms with van der Waals surface area (Å²) >= 11 is 0. The van der Waals surface area contributed by atoms with Crippen LogP contribution >= 0.6 is 0 Å². The van der Waals surface area contributed by atoms with E-state index in [1.807, 2.05) is 6.07 Å². The van der Waals surface area contributed by atoms with Gasteiger partial charge in [0.2, 0.25) is 0 Å². The zero-order valence-corrected chi connectivity index (χ0v) is 13.5. The monoisotopic (exact) mass is 348 g/mol. The molecule has 6 nitrogen and oxygen atoms in total. The van der Waals surface area contributed by atoms with Crippen LogP contribution in [-0.2, 0) is 0 Å². The summed E-state index contributed by atoms with van der Waals surface area (Å²) in [4.78, 5) is 11.2. The van der Waals surface area contributed by atoms with E-state index in [1.165, 1.54) is 23.4 Å². The third-order valence-electron chi connectivity index (χ3n) is 4.40. The minimum Gasteiger partial charge on any atom is -0.346 e. The Bertz CT molecular complexity index is 931. The number of aromatic amines is 1. The number of halogens is 3. The molecule has 3 aromatic heterocycles. The van der Waals surface area contributed by atoms with Crippen LogP contribution in [0.3, 0.4) is 0 Å². The number of alkyl halides is 3. The molecular formula is C16H15F3N6. The fourth-order valence-corrected chi connectivity index (χ4v) is 2.69. The van der Waals surface area contributed by atoms with Gasteiger partial charge in [0.1, 0.15) is 12.0 Å². The van der Waals surface area contributed by atoms with Gasteiger partial charge in [0, 0.05) is 23.3 Å². The van der Waals surface area contributed by atoms with E-state index >= 15 is 0 Å². The van der Waals surface area contributed by atoms with Crippen molar-refractivity contribution in [1.82, 2.24) is 24.7 Å². The summed E-state index contributed by atoms with van der Waals surface area (Å²) in [6, 6.07) is 2.47. The molecule has 1 unspecified atom stereocenters. The van der Waals surface area contributed by atoms with Gasteiger partial charge in [-0.3, -0.25) is 4.68 Å². The number of nitrogens with one attached hydrogen (secondary N) is 1. The summed E-state index contributed by atoms with van der Waals surface area (Å²) in [5, 5.41) is 13.8. The van der Waals surface area contributed by atoms with Crippen molar-refractivity contribution >= 4 is 11.0 Å². The van der Waals surface area contributed by atoms with Crippen LogP contribution in [-0.4, -0.2) is 30.9 Å². The Kier molecular flexibility index (Phi) is 3.99. The van der Waals surface area contributed by atoms with Gasteiger partial charge in [-0.05, 0) is 19.9 Å². The number of hydrogen-bond donors (Lipinski definition) is 1. The second-order valence-electron chi connectivity index (χ2n) is 6.27. The van der Waals surface area contributed by atoms with Gasteiger partial charge in [-0.15, -0.1) is 0 Å². The minimum atomic E-state index is -4.47. The molecule has 0 saturated heterocycles. The molecule has 3 aromatic rings. The van der Waals surface area contributed by atoms with Gasteiger partial charge in [-0.2, -0.15) is 23.5 Å². The number of rotatable bonds is 4. The highest BCUT2D eigenvalue weighted by molar-refractivity contribution is 5.89. The topological polar surface area (TPSA) is 83.2 Å². The maximum atomic E-state index is 13.4. The Morgan fingerprint density at radius 2 is 2.08 bits per heavy atom. The molecule has 0 aliphatic heterocycles. The van der Waals surface area contributed by atoms with Gasteiger partial charge in [-0.1, -0.05) is 0 Å². The highest BCUT2D eigenvalue weighted by Gasteiger charge is 2.53. The number of H-pyrrole nitrogens is 1. The predicted molar refractivity (Wildman–Crippen MR) is 84.2 cm³/mol. The second-order valence-corrected chi connectivity index (χ2v) is 6.27. The zero-order valence-electron chi connectivity index (χ0n) is 13.5. The molecule has 0 amide bonds. The fourth-order valence-electron chi connectivity index (χ4n) is 2.69. The molecule has 0 bridgehead atoms. The molecule has 3 heterocycles. The summed E-state index contributed by atoms with van der Waals surface area (Å²) in [6.07, 6.45) is 1.24. The smallest absolute Gasteiger partial charge is 0.346 e. The standard InChI is InChI=1S/C16H15F3N6/c1-15(2,16(17,18)19)12(3-5-20)25-8-10(7-24-25)13-11-4-6-21-14(11)23-9-22-13/h4,6-9,12H,3H2,1-2H3,(H,21,22,23). The van der Waals surface area contributed by atoms with Crippen molar-refractivity contribution in [1.29, 1.82) is 5.26 Å². The van der Waals surface area contributed by atoms with Crippen LogP contribution in [0, 0.1) is 16.7 Å². The summed E-state index contributed by atoms with van der Waals surface area (Å²) in [7, 11) is 0. The fraction of sp³-hybridized carbons (Fsp3) is 0.375. The first-order chi connectivity index (χ1) is 11.8. The number of nitriles is 1. The largest absolute Gasteiger partial charge is 0.396 e. The van der Waals surface area contributed by atoms with Crippen molar-refractivity contribution in [2.24, 2.45) is 5.41 Å². The van der Waals surface area contributed by atoms with Gasteiger partial charge >= 0.3 is 6.18 Å². The van der Waals surface area contributed by atoms with E-state index < -0.39 is 17.6 Å². The lowest BCUT2D eigenvalue weighted by molar-refractivity contribution is -0.227. The van der Waals surface area contributed by atoms with Gasteiger partial charge < -0.3 is 4.98 Å². The average molecular weight is 348 g/mol. The van der Waals surface area contributed by atoms with E-state index in [1.54, 1.807) is 12.3 Å². The summed E-state index contributed by atoms with van der Waals surface area (Å²) in [5.74, 6) is 0. The normalized spacial score (nSPS) is 13.8. The maximum Gasteiger partial charge on any atom is 0.396 e. The molecule has 0 spiro atoms. The Labute approximate surface area is 141 Å². The number of fused-ring (bicyclic) bond motifs is 1. The van der Waals surface area contributed by atoms with Crippen molar-refractivity contribution in [2.75, 3.05) is 0 Å². The lowest BCUT2D eigenvalue weighted by Crippen LogP contribution is -2.40. The first kappa shape index (κ1) is 17.0. The molecule has 1 atom stereocenters. The molecule has 0 aromatic carbocycles. The molecule has 25 heavy (non-hydrogen) atoms.